The smallest absolute Gasteiger partial charge is 0.407 e. The van der Waals surface area contributed by atoms with Gasteiger partial charge in [-0.25, -0.2) is 9.48 Å². The molecule has 0 spiro atoms. The number of amides is 2. The molecule has 4 aromatic rings. The number of ether oxygens (including phenoxy) is 2. The zero-order valence-electron chi connectivity index (χ0n) is 28.1. The Labute approximate surface area is 286 Å². The minimum absolute atomic E-state index is 0.0757. The summed E-state index contributed by atoms with van der Waals surface area (Å²) in [4.78, 5) is 26.2. The van der Waals surface area contributed by atoms with E-state index in [1.165, 1.54) is 27.5 Å². The van der Waals surface area contributed by atoms with Crippen LogP contribution in [0.4, 0.5) is 9.18 Å². The first kappa shape index (κ1) is 33.9. The molecule has 2 amide bonds. The number of likely N-dealkylation sites (N-methyl/N-ethyl adjacent to an activating group) is 1. The number of nitrogens with zero attached hydrogens (tertiary/aromatic N) is 4. The quantitative estimate of drug-likeness (QED) is 0.123. The molecule has 2 aliphatic rings. The fraction of sp³-hybridized carbons (Fsp3) is 0.359. The maximum atomic E-state index is 15.5. The molecule has 3 aromatic carbocycles. The molecule has 1 aromatic heterocycles. The highest BCUT2D eigenvalue weighted by Gasteiger charge is 2.28. The van der Waals surface area contributed by atoms with Gasteiger partial charge in [-0.1, -0.05) is 61.0 Å². The summed E-state index contributed by atoms with van der Waals surface area (Å²) in [5.74, 6) is 0.259. The van der Waals surface area contributed by atoms with Gasteiger partial charge < -0.3 is 24.4 Å². The lowest BCUT2D eigenvalue weighted by Gasteiger charge is -2.31. The van der Waals surface area contributed by atoms with E-state index in [0.717, 1.165) is 66.3 Å². The summed E-state index contributed by atoms with van der Waals surface area (Å²) in [6.07, 6.45) is 7.69. The zero-order valence-corrected chi connectivity index (χ0v) is 28.1. The second-order valence-electron chi connectivity index (χ2n) is 12.8. The monoisotopic (exact) mass is 666 g/mol. The lowest BCUT2D eigenvalue weighted by molar-refractivity contribution is -0.123. The Kier molecular flexibility index (Phi) is 10.7. The van der Waals surface area contributed by atoms with Crippen LogP contribution in [0.5, 0.6) is 5.75 Å². The Bertz CT molecular complexity index is 1820. The van der Waals surface area contributed by atoms with Gasteiger partial charge in [0.25, 0.3) is 0 Å². The number of rotatable bonds is 12. The summed E-state index contributed by atoms with van der Waals surface area (Å²) in [5.41, 5.74) is 6.03. The molecule has 1 atom stereocenters. The maximum absolute atomic E-state index is 15.5. The molecule has 1 N–H and O–H groups in total. The molecule has 1 unspecified atom stereocenters. The van der Waals surface area contributed by atoms with Crippen molar-refractivity contribution in [3.63, 3.8) is 0 Å². The number of hydrogen-bond donors (Lipinski definition) is 1. The van der Waals surface area contributed by atoms with Crippen molar-refractivity contribution in [1.82, 2.24) is 19.6 Å². The molecule has 10 heteroatoms. The SMILES string of the molecule is CN(C)C(=O)C=CCN(CCOc1ccc(C(=C(c2ccccc2)C2CCC2)c2ccc3c(c2)c(F)nn3C2CCCCO2)cc1)C(=O)O. The molecule has 2 fully saturated rings. The van der Waals surface area contributed by atoms with E-state index in [-0.39, 0.29) is 31.8 Å². The number of fused-ring (bicyclic) bond motifs is 1. The third kappa shape index (κ3) is 7.86. The molecular formula is C39H43FN4O5. The van der Waals surface area contributed by atoms with E-state index in [1.807, 2.05) is 42.5 Å². The summed E-state index contributed by atoms with van der Waals surface area (Å²) in [6, 6.07) is 24.1. The van der Waals surface area contributed by atoms with Gasteiger partial charge in [-0.05, 0) is 90.1 Å². The van der Waals surface area contributed by atoms with E-state index in [0.29, 0.717) is 23.7 Å². The lowest BCUT2D eigenvalue weighted by Crippen LogP contribution is -2.33. The molecule has 1 saturated heterocycles. The first-order valence-electron chi connectivity index (χ1n) is 17.0. The van der Waals surface area contributed by atoms with Gasteiger partial charge in [-0.3, -0.25) is 4.79 Å². The molecule has 1 aliphatic carbocycles. The lowest BCUT2D eigenvalue weighted by atomic mass is 9.73. The summed E-state index contributed by atoms with van der Waals surface area (Å²) < 4.78 is 29.1. The topological polar surface area (TPSA) is 97.1 Å². The average molecular weight is 667 g/mol. The van der Waals surface area contributed by atoms with Crippen molar-refractivity contribution in [2.24, 2.45) is 5.92 Å². The fourth-order valence-corrected chi connectivity index (χ4v) is 6.46. The molecule has 1 saturated carbocycles. The molecule has 49 heavy (non-hydrogen) atoms. The van der Waals surface area contributed by atoms with E-state index in [2.05, 4.69) is 35.4 Å². The van der Waals surface area contributed by atoms with Gasteiger partial charge >= 0.3 is 6.09 Å². The largest absolute Gasteiger partial charge is 0.492 e. The molecule has 6 rings (SSSR count). The Hall–Kier alpha value is -4.96. The summed E-state index contributed by atoms with van der Waals surface area (Å²) >= 11 is 0. The van der Waals surface area contributed by atoms with Crippen LogP contribution in [0.3, 0.4) is 0 Å². The summed E-state index contributed by atoms with van der Waals surface area (Å²) in [7, 11) is 3.27. The second-order valence-corrected chi connectivity index (χ2v) is 12.8. The molecule has 0 bridgehead atoms. The molecule has 256 valence electrons. The Morgan fingerprint density at radius 3 is 2.39 bits per heavy atom. The third-order valence-corrected chi connectivity index (χ3v) is 9.32. The molecular weight excluding hydrogens is 623 g/mol. The maximum Gasteiger partial charge on any atom is 0.407 e. The normalized spacial score (nSPS) is 17.1. The minimum atomic E-state index is -1.09. The van der Waals surface area contributed by atoms with E-state index >= 15 is 4.39 Å². The van der Waals surface area contributed by atoms with Crippen molar-refractivity contribution in [3.8, 4) is 5.75 Å². The van der Waals surface area contributed by atoms with Crippen molar-refractivity contribution in [2.45, 2.75) is 44.8 Å². The predicted octanol–water partition coefficient (Wildman–Crippen LogP) is 7.64. The minimum Gasteiger partial charge on any atom is -0.492 e. The van der Waals surface area contributed by atoms with Gasteiger partial charge in [-0.15, -0.1) is 5.10 Å². The van der Waals surface area contributed by atoms with E-state index in [4.69, 9.17) is 9.47 Å². The van der Waals surface area contributed by atoms with Gasteiger partial charge in [0.1, 0.15) is 12.4 Å². The molecule has 9 nitrogen and oxygen atoms in total. The number of halogens is 1. The van der Waals surface area contributed by atoms with Gasteiger partial charge in [0, 0.05) is 33.3 Å². The van der Waals surface area contributed by atoms with Crippen LogP contribution in [0.1, 0.15) is 61.4 Å². The van der Waals surface area contributed by atoms with Gasteiger partial charge in [0.05, 0.1) is 17.4 Å². The van der Waals surface area contributed by atoms with E-state index in [1.54, 1.807) is 18.8 Å². The Morgan fingerprint density at radius 1 is 0.980 bits per heavy atom. The van der Waals surface area contributed by atoms with Crippen molar-refractivity contribution in [1.29, 1.82) is 0 Å². The van der Waals surface area contributed by atoms with Crippen LogP contribution in [-0.4, -0.2) is 77.1 Å². The number of allylic oxidation sites excluding steroid dienone is 1. The Balaban J connectivity index is 1.29. The molecule has 2 heterocycles. The first-order valence-corrected chi connectivity index (χ1v) is 17.0. The number of benzene rings is 3. The van der Waals surface area contributed by atoms with Crippen molar-refractivity contribution in [3.05, 3.63) is 108 Å². The highest BCUT2D eigenvalue weighted by Crippen LogP contribution is 2.45. The van der Waals surface area contributed by atoms with Crippen LogP contribution < -0.4 is 4.74 Å². The fourth-order valence-electron chi connectivity index (χ4n) is 6.46. The number of aromatic nitrogens is 2. The standard InChI is InChI=1S/C39H43FN4O5/c1-42(2)34(45)14-9-22-43(39(46)47)23-25-48-31-19-16-29(17-20-31)37(36(28-12-8-13-28)27-10-4-3-5-11-27)30-18-21-33-32(26-30)38(40)41-44(33)35-15-6-7-24-49-35/h3-5,9-11,14,16-21,26,28,35H,6-8,12-13,15,22-25H2,1-2H3,(H,46,47). The second kappa shape index (κ2) is 15.5. The van der Waals surface area contributed by atoms with Gasteiger partial charge in [0.15, 0.2) is 6.23 Å². The van der Waals surface area contributed by atoms with Gasteiger partial charge in [0.2, 0.25) is 11.9 Å². The van der Waals surface area contributed by atoms with Crippen molar-refractivity contribution >= 4 is 34.0 Å². The van der Waals surface area contributed by atoms with Crippen LogP contribution in [0.15, 0.2) is 84.9 Å². The van der Waals surface area contributed by atoms with Crippen LogP contribution in [-0.2, 0) is 9.53 Å². The molecule has 1 aliphatic heterocycles. The number of carboxylic acid groups (broad SMARTS) is 1. The van der Waals surface area contributed by atoms with Crippen molar-refractivity contribution < 1.29 is 28.6 Å². The molecule has 0 radical (unpaired) electrons. The van der Waals surface area contributed by atoms with Crippen LogP contribution >= 0.6 is 0 Å². The predicted molar refractivity (Wildman–Crippen MR) is 188 cm³/mol. The van der Waals surface area contributed by atoms with Crippen LogP contribution in [0, 0.1) is 11.9 Å². The summed E-state index contributed by atoms with van der Waals surface area (Å²) in [6.45, 7) is 1.00. The number of carbonyl (C=O) groups excluding carboxylic acids is 1. The Morgan fingerprint density at radius 2 is 1.73 bits per heavy atom. The zero-order chi connectivity index (χ0) is 34.3. The summed E-state index contributed by atoms with van der Waals surface area (Å²) in [5, 5.41) is 14.4. The highest BCUT2D eigenvalue weighted by atomic mass is 19.1. The number of carbonyl (C=O) groups is 2. The third-order valence-electron chi connectivity index (χ3n) is 9.32. The first-order chi connectivity index (χ1) is 23.8. The van der Waals surface area contributed by atoms with Crippen LogP contribution in [0.2, 0.25) is 0 Å². The highest BCUT2D eigenvalue weighted by molar-refractivity contribution is 6.01. The van der Waals surface area contributed by atoms with E-state index < -0.39 is 12.0 Å². The van der Waals surface area contributed by atoms with Gasteiger partial charge in [-0.2, -0.15) is 4.39 Å². The average Bonchev–Trinajstić information content (AvgIpc) is 3.43. The van der Waals surface area contributed by atoms with Crippen molar-refractivity contribution in [2.75, 3.05) is 40.4 Å². The number of hydrogen-bond acceptors (Lipinski definition) is 5. The van der Waals surface area contributed by atoms with E-state index in [9.17, 15) is 14.7 Å². The van der Waals surface area contributed by atoms with Crippen LogP contribution in [0.25, 0.3) is 22.0 Å².